The summed E-state index contributed by atoms with van der Waals surface area (Å²) in [4.78, 5) is 38.4. The Kier molecular flexibility index (Phi) is 2.17. The molecule has 3 atom stereocenters. The molecule has 2 aliphatic heterocycles. The Hall–Kier alpha value is -1.52. The highest BCUT2D eigenvalue weighted by Crippen LogP contribution is 2.29. The number of aliphatic imine (C=N–C) groups is 1. The SMILES string of the molecule is CC[C@H]1C(=O)NC2=NC(=O)[C@H](C)[C@@H]2C1=O. The van der Waals surface area contributed by atoms with Crippen molar-refractivity contribution in [2.45, 2.75) is 20.3 Å². The second-order valence-corrected chi connectivity index (χ2v) is 3.95. The van der Waals surface area contributed by atoms with Gasteiger partial charge in [-0.3, -0.25) is 14.4 Å². The van der Waals surface area contributed by atoms with E-state index in [9.17, 15) is 14.4 Å². The molecular formula is C10H12N2O3. The van der Waals surface area contributed by atoms with Crippen LogP contribution in [-0.4, -0.2) is 23.4 Å². The van der Waals surface area contributed by atoms with Gasteiger partial charge in [-0.25, -0.2) is 0 Å². The molecular weight excluding hydrogens is 196 g/mol. The Bertz CT molecular complexity index is 386. The number of ketones is 1. The van der Waals surface area contributed by atoms with Gasteiger partial charge in [-0.1, -0.05) is 13.8 Å². The molecule has 0 aliphatic carbocycles. The normalized spacial score (nSPS) is 34.9. The lowest BCUT2D eigenvalue weighted by Gasteiger charge is -2.26. The van der Waals surface area contributed by atoms with E-state index in [0.29, 0.717) is 6.42 Å². The molecule has 0 spiro atoms. The van der Waals surface area contributed by atoms with Gasteiger partial charge in [-0.15, -0.1) is 0 Å². The summed E-state index contributed by atoms with van der Waals surface area (Å²) in [6.45, 7) is 3.46. The van der Waals surface area contributed by atoms with E-state index in [1.54, 1.807) is 13.8 Å². The smallest absolute Gasteiger partial charge is 0.251 e. The van der Waals surface area contributed by atoms with Crippen molar-refractivity contribution in [3.8, 4) is 0 Å². The molecule has 0 unspecified atom stereocenters. The van der Waals surface area contributed by atoms with Crippen molar-refractivity contribution in [1.29, 1.82) is 0 Å². The number of amides is 2. The van der Waals surface area contributed by atoms with Crippen LogP contribution in [0.15, 0.2) is 4.99 Å². The van der Waals surface area contributed by atoms with Crippen LogP contribution in [0.4, 0.5) is 0 Å². The van der Waals surface area contributed by atoms with Gasteiger partial charge in [0.1, 0.15) is 5.84 Å². The minimum atomic E-state index is -0.623. The van der Waals surface area contributed by atoms with Gasteiger partial charge in [0.15, 0.2) is 5.78 Å². The molecule has 15 heavy (non-hydrogen) atoms. The first-order valence-corrected chi connectivity index (χ1v) is 5.03. The molecule has 2 amide bonds. The number of carbonyl (C=O) groups is 3. The van der Waals surface area contributed by atoms with Gasteiger partial charge in [0, 0.05) is 0 Å². The van der Waals surface area contributed by atoms with Crippen molar-refractivity contribution in [2.24, 2.45) is 22.7 Å². The van der Waals surface area contributed by atoms with E-state index >= 15 is 0 Å². The molecule has 0 aromatic heterocycles. The minimum Gasteiger partial charge on any atom is -0.313 e. The largest absolute Gasteiger partial charge is 0.313 e. The molecule has 2 heterocycles. The van der Waals surface area contributed by atoms with Crippen LogP contribution in [0.3, 0.4) is 0 Å². The van der Waals surface area contributed by atoms with E-state index in [0.717, 1.165) is 0 Å². The molecule has 1 fully saturated rings. The highest BCUT2D eigenvalue weighted by Gasteiger charge is 2.48. The number of hydrogen-bond donors (Lipinski definition) is 1. The second kappa shape index (κ2) is 3.25. The molecule has 80 valence electrons. The zero-order valence-electron chi connectivity index (χ0n) is 8.61. The zero-order valence-corrected chi connectivity index (χ0v) is 8.61. The van der Waals surface area contributed by atoms with Crippen LogP contribution in [0.25, 0.3) is 0 Å². The van der Waals surface area contributed by atoms with Crippen LogP contribution >= 0.6 is 0 Å². The maximum Gasteiger partial charge on any atom is 0.251 e. The van der Waals surface area contributed by atoms with Gasteiger partial charge in [0.05, 0.1) is 17.8 Å². The summed E-state index contributed by atoms with van der Waals surface area (Å²) in [5.74, 6) is -2.16. The number of nitrogens with zero attached hydrogens (tertiary/aromatic N) is 1. The highest BCUT2D eigenvalue weighted by atomic mass is 16.2. The van der Waals surface area contributed by atoms with Crippen LogP contribution in [-0.2, 0) is 14.4 Å². The third-order valence-electron chi connectivity index (χ3n) is 3.04. The van der Waals surface area contributed by atoms with Crippen molar-refractivity contribution >= 4 is 23.4 Å². The molecule has 5 heteroatoms. The average Bonchev–Trinajstić information content (AvgIpc) is 2.43. The van der Waals surface area contributed by atoms with Crippen LogP contribution in [0.1, 0.15) is 20.3 Å². The fourth-order valence-electron chi connectivity index (χ4n) is 2.10. The summed E-state index contributed by atoms with van der Waals surface area (Å²) in [5, 5.41) is 2.54. The lowest BCUT2D eigenvalue weighted by molar-refractivity contribution is -0.138. The van der Waals surface area contributed by atoms with Gasteiger partial charge in [0.25, 0.3) is 5.91 Å². The number of piperidine rings is 1. The number of carbonyl (C=O) groups excluding carboxylic acids is 3. The monoisotopic (exact) mass is 208 g/mol. The Balaban J connectivity index is 2.36. The molecule has 1 saturated heterocycles. The molecule has 0 saturated carbocycles. The topological polar surface area (TPSA) is 75.6 Å². The number of rotatable bonds is 1. The van der Waals surface area contributed by atoms with Crippen LogP contribution in [0.5, 0.6) is 0 Å². The quantitative estimate of drug-likeness (QED) is 0.611. The molecule has 1 N–H and O–H groups in total. The molecule has 0 aromatic rings. The number of nitrogens with one attached hydrogen (secondary N) is 1. The standard InChI is InChI=1S/C10H12N2O3/c1-3-5-7(13)6-4(2)9(14)11-8(6)12-10(5)15/h4-6H,3H2,1-2H3,(H,11,12,14,15)/t4-,5-,6-/m1/s1. The van der Waals surface area contributed by atoms with Gasteiger partial charge < -0.3 is 5.32 Å². The van der Waals surface area contributed by atoms with Crippen molar-refractivity contribution in [2.75, 3.05) is 0 Å². The average molecular weight is 208 g/mol. The number of fused-ring (bicyclic) bond motifs is 1. The maximum atomic E-state index is 11.9. The van der Waals surface area contributed by atoms with Crippen molar-refractivity contribution < 1.29 is 14.4 Å². The summed E-state index contributed by atoms with van der Waals surface area (Å²) in [5.41, 5.74) is 0. The summed E-state index contributed by atoms with van der Waals surface area (Å²) in [7, 11) is 0. The molecule has 0 bridgehead atoms. The number of amidine groups is 1. The van der Waals surface area contributed by atoms with Gasteiger partial charge in [-0.05, 0) is 6.42 Å². The molecule has 5 nitrogen and oxygen atoms in total. The molecule has 0 aromatic carbocycles. The first-order chi connectivity index (χ1) is 7.06. The number of hydrogen-bond acceptors (Lipinski definition) is 3. The third kappa shape index (κ3) is 1.30. The predicted molar refractivity (Wildman–Crippen MR) is 52.0 cm³/mol. The minimum absolute atomic E-state index is 0.168. The first kappa shape index (κ1) is 10.0. The molecule has 0 radical (unpaired) electrons. The van der Waals surface area contributed by atoms with E-state index in [-0.39, 0.29) is 23.4 Å². The Labute approximate surface area is 86.9 Å². The predicted octanol–water partition coefficient (Wildman–Crippen LogP) is -0.0975. The Morgan fingerprint density at radius 2 is 2.00 bits per heavy atom. The van der Waals surface area contributed by atoms with Crippen LogP contribution < -0.4 is 5.32 Å². The number of Topliss-reactive ketones (excluding diaryl/α,β-unsaturated/α-hetero) is 1. The van der Waals surface area contributed by atoms with E-state index < -0.39 is 17.8 Å². The third-order valence-corrected chi connectivity index (χ3v) is 3.04. The second-order valence-electron chi connectivity index (χ2n) is 3.95. The van der Waals surface area contributed by atoms with Crippen molar-refractivity contribution in [1.82, 2.24) is 5.32 Å². The van der Waals surface area contributed by atoms with E-state index in [4.69, 9.17) is 0 Å². The fraction of sp³-hybridized carbons (Fsp3) is 0.600. The van der Waals surface area contributed by atoms with Gasteiger partial charge in [-0.2, -0.15) is 4.99 Å². The summed E-state index contributed by atoms with van der Waals surface area (Å²) in [6.07, 6.45) is 0.468. The maximum absolute atomic E-state index is 11.9. The summed E-state index contributed by atoms with van der Waals surface area (Å²) in [6, 6.07) is 0. The van der Waals surface area contributed by atoms with E-state index in [1.165, 1.54) is 0 Å². The Morgan fingerprint density at radius 3 is 2.60 bits per heavy atom. The highest BCUT2D eigenvalue weighted by molar-refractivity contribution is 6.26. The van der Waals surface area contributed by atoms with Crippen LogP contribution in [0.2, 0.25) is 0 Å². The van der Waals surface area contributed by atoms with Crippen LogP contribution in [0, 0.1) is 17.8 Å². The lowest BCUT2D eigenvalue weighted by atomic mass is 9.80. The van der Waals surface area contributed by atoms with E-state index in [1.807, 2.05) is 0 Å². The summed E-state index contributed by atoms with van der Waals surface area (Å²) < 4.78 is 0. The van der Waals surface area contributed by atoms with Gasteiger partial charge >= 0.3 is 0 Å². The summed E-state index contributed by atoms with van der Waals surface area (Å²) >= 11 is 0. The van der Waals surface area contributed by atoms with E-state index in [2.05, 4.69) is 10.3 Å². The zero-order chi connectivity index (χ0) is 11.2. The van der Waals surface area contributed by atoms with Crippen molar-refractivity contribution in [3.05, 3.63) is 0 Å². The molecule has 2 rings (SSSR count). The van der Waals surface area contributed by atoms with Gasteiger partial charge in [0.2, 0.25) is 5.91 Å². The lowest BCUT2D eigenvalue weighted by Crippen LogP contribution is -2.52. The molecule has 2 aliphatic rings. The first-order valence-electron chi connectivity index (χ1n) is 5.03. The van der Waals surface area contributed by atoms with Crippen molar-refractivity contribution in [3.63, 3.8) is 0 Å². The Morgan fingerprint density at radius 1 is 1.33 bits per heavy atom. The fourth-order valence-corrected chi connectivity index (χ4v) is 2.10.